The minimum absolute atomic E-state index is 0.439. The number of nitrogens with one attached hydrogen (secondary N) is 1. The van der Waals surface area contributed by atoms with Gasteiger partial charge >= 0.3 is 0 Å². The second-order valence-electron chi connectivity index (χ2n) is 6.85. The van der Waals surface area contributed by atoms with E-state index in [1.54, 1.807) is 30.5 Å². The lowest BCUT2D eigenvalue weighted by molar-refractivity contribution is -0.121. The fourth-order valence-corrected chi connectivity index (χ4v) is 3.08. The lowest BCUT2D eigenvalue weighted by Gasteiger charge is -2.07. The Kier molecular flexibility index (Phi) is 5.68. The van der Waals surface area contributed by atoms with Gasteiger partial charge in [-0.05, 0) is 17.5 Å². The van der Waals surface area contributed by atoms with Crippen LogP contribution in [0.4, 0.5) is 0 Å². The average Bonchev–Trinajstić information content (AvgIpc) is 3.00. The highest BCUT2D eigenvalue weighted by molar-refractivity contribution is 6.00. The van der Waals surface area contributed by atoms with Crippen LogP contribution in [0.1, 0.15) is 30.9 Å². The quantitative estimate of drug-likeness (QED) is 0.533. The summed E-state index contributed by atoms with van der Waals surface area (Å²) in [5.74, 6) is -0.802. The van der Waals surface area contributed by atoms with Crippen LogP contribution in [0.2, 0.25) is 0 Å². The maximum absolute atomic E-state index is 12.3. The van der Waals surface area contributed by atoms with Gasteiger partial charge < -0.3 is 4.57 Å². The molecule has 27 heavy (non-hydrogen) atoms. The Balaban J connectivity index is 1.78. The lowest BCUT2D eigenvalue weighted by atomic mass is 10.0. The van der Waals surface area contributed by atoms with Crippen LogP contribution in [0.15, 0.2) is 65.9 Å². The molecule has 5 nitrogen and oxygen atoms in total. The lowest BCUT2D eigenvalue weighted by Crippen LogP contribution is -2.24. The third-order valence-corrected chi connectivity index (χ3v) is 4.28. The molecule has 0 aliphatic heterocycles. The summed E-state index contributed by atoms with van der Waals surface area (Å²) in [5.41, 5.74) is 5.22. The Labute approximate surface area is 158 Å². The van der Waals surface area contributed by atoms with E-state index in [1.165, 1.54) is 0 Å². The molecule has 2 aromatic carbocycles. The third-order valence-electron chi connectivity index (χ3n) is 4.28. The first-order valence-electron chi connectivity index (χ1n) is 8.95. The second-order valence-corrected chi connectivity index (χ2v) is 6.85. The van der Waals surface area contributed by atoms with Gasteiger partial charge in [-0.1, -0.05) is 62.4 Å². The number of amides is 1. The molecule has 0 fully saturated rings. The number of nitriles is 1. The molecule has 0 aliphatic rings. The first kappa shape index (κ1) is 18.4. The van der Waals surface area contributed by atoms with E-state index < -0.39 is 11.8 Å². The Hall–Kier alpha value is -3.39. The fraction of sp³-hybridized carbons (Fsp3) is 0.227. The predicted octanol–water partition coefficient (Wildman–Crippen LogP) is 4.05. The molecule has 5 heteroatoms. The van der Waals surface area contributed by atoms with Gasteiger partial charge in [0.15, 0.2) is 5.92 Å². The van der Waals surface area contributed by atoms with Gasteiger partial charge in [-0.2, -0.15) is 10.4 Å². The highest BCUT2D eigenvalue weighted by Crippen LogP contribution is 2.21. The van der Waals surface area contributed by atoms with Crippen molar-refractivity contribution in [2.24, 2.45) is 11.0 Å². The van der Waals surface area contributed by atoms with E-state index in [0.29, 0.717) is 11.5 Å². The van der Waals surface area contributed by atoms with Gasteiger partial charge in [0.1, 0.15) is 0 Å². The number of hydrogen-bond donors (Lipinski definition) is 1. The van der Waals surface area contributed by atoms with Gasteiger partial charge in [0.05, 0.1) is 12.3 Å². The van der Waals surface area contributed by atoms with E-state index in [4.69, 9.17) is 0 Å². The molecule has 0 radical (unpaired) electrons. The SMILES string of the molecule is CC(C)Cn1cc(/C=N\NC(=O)[C@@H](C#N)c2ccccc2)c2ccccc21. The van der Waals surface area contributed by atoms with E-state index in [2.05, 4.69) is 35.0 Å². The van der Waals surface area contributed by atoms with Gasteiger partial charge in [0.25, 0.3) is 5.91 Å². The van der Waals surface area contributed by atoms with Crippen molar-refractivity contribution in [3.8, 4) is 6.07 Å². The summed E-state index contributed by atoms with van der Waals surface area (Å²) < 4.78 is 2.20. The second kappa shape index (κ2) is 8.33. The van der Waals surface area contributed by atoms with Crippen molar-refractivity contribution >= 4 is 23.0 Å². The Morgan fingerprint density at radius 2 is 1.89 bits per heavy atom. The fourth-order valence-electron chi connectivity index (χ4n) is 3.08. The van der Waals surface area contributed by atoms with Gasteiger partial charge in [0.2, 0.25) is 0 Å². The molecule has 3 rings (SSSR count). The molecule has 0 bridgehead atoms. The van der Waals surface area contributed by atoms with Crippen LogP contribution in [0, 0.1) is 17.2 Å². The van der Waals surface area contributed by atoms with Crippen molar-refractivity contribution in [3.05, 3.63) is 71.9 Å². The predicted molar refractivity (Wildman–Crippen MR) is 107 cm³/mol. The summed E-state index contributed by atoms with van der Waals surface area (Å²) >= 11 is 0. The van der Waals surface area contributed by atoms with E-state index >= 15 is 0 Å². The number of benzene rings is 2. The molecule has 0 aliphatic carbocycles. The van der Waals surface area contributed by atoms with E-state index in [-0.39, 0.29) is 0 Å². The van der Waals surface area contributed by atoms with E-state index in [0.717, 1.165) is 23.0 Å². The van der Waals surface area contributed by atoms with Crippen LogP contribution in [0.5, 0.6) is 0 Å². The van der Waals surface area contributed by atoms with Crippen molar-refractivity contribution in [1.29, 1.82) is 5.26 Å². The van der Waals surface area contributed by atoms with Crippen molar-refractivity contribution in [1.82, 2.24) is 9.99 Å². The molecule has 1 aromatic heterocycles. The summed E-state index contributed by atoms with van der Waals surface area (Å²) in [6.45, 7) is 5.26. The molecule has 0 spiro atoms. The molecule has 3 aromatic rings. The number of para-hydroxylation sites is 1. The minimum Gasteiger partial charge on any atom is -0.347 e. The maximum atomic E-state index is 12.3. The van der Waals surface area contributed by atoms with Gasteiger partial charge in [-0.15, -0.1) is 0 Å². The van der Waals surface area contributed by atoms with Gasteiger partial charge in [-0.25, -0.2) is 5.43 Å². The zero-order chi connectivity index (χ0) is 19.2. The van der Waals surface area contributed by atoms with Crippen molar-refractivity contribution in [3.63, 3.8) is 0 Å². The standard InChI is InChI=1S/C22H22N4O/c1-16(2)14-26-15-18(19-10-6-7-11-21(19)26)13-24-25-22(27)20(12-23)17-8-4-3-5-9-17/h3-11,13,15-16,20H,14H2,1-2H3,(H,25,27)/b24-13-/t20-/m0/s1. The molecule has 1 N–H and O–H groups in total. The van der Waals surface area contributed by atoms with E-state index in [1.807, 2.05) is 36.5 Å². The summed E-state index contributed by atoms with van der Waals surface area (Å²) in [5, 5.41) is 14.5. The number of fused-ring (bicyclic) bond motifs is 1. The minimum atomic E-state index is -0.884. The summed E-state index contributed by atoms with van der Waals surface area (Å²) in [6.07, 6.45) is 3.68. The maximum Gasteiger partial charge on any atom is 0.261 e. The Morgan fingerprint density at radius 1 is 1.19 bits per heavy atom. The molecule has 1 heterocycles. The Bertz CT molecular complexity index is 996. The molecular weight excluding hydrogens is 336 g/mol. The molecule has 0 saturated carbocycles. The van der Waals surface area contributed by atoms with Crippen LogP contribution >= 0.6 is 0 Å². The zero-order valence-corrected chi connectivity index (χ0v) is 15.5. The van der Waals surface area contributed by atoms with Crippen molar-refractivity contribution in [2.45, 2.75) is 26.3 Å². The smallest absolute Gasteiger partial charge is 0.261 e. The number of aromatic nitrogens is 1. The summed E-state index contributed by atoms with van der Waals surface area (Å²) in [7, 11) is 0. The monoisotopic (exact) mass is 358 g/mol. The number of nitrogens with zero attached hydrogens (tertiary/aromatic N) is 3. The van der Waals surface area contributed by atoms with E-state index in [9.17, 15) is 10.1 Å². The number of hydrogen-bond acceptors (Lipinski definition) is 3. The van der Waals surface area contributed by atoms with Crippen molar-refractivity contribution in [2.75, 3.05) is 0 Å². The van der Waals surface area contributed by atoms with Crippen LogP contribution in [-0.4, -0.2) is 16.7 Å². The molecule has 1 atom stereocenters. The van der Waals surface area contributed by atoms with Crippen LogP contribution < -0.4 is 5.43 Å². The normalized spacial score (nSPS) is 12.4. The first-order valence-corrected chi connectivity index (χ1v) is 8.95. The van der Waals surface area contributed by atoms with Gasteiger partial charge in [-0.3, -0.25) is 4.79 Å². The zero-order valence-electron chi connectivity index (χ0n) is 15.5. The highest BCUT2D eigenvalue weighted by Gasteiger charge is 2.19. The molecule has 136 valence electrons. The van der Waals surface area contributed by atoms with Crippen LogP contribution in [0.3, 0.4) is 0 Å². The highest BCUT2D eigenvalue weighted by atomic mass is 16.2. The molecular formula is C22H22N4O. The van der Waals surface area contributed by atoms with Crippen LogP contribution in [0.25, 0.3) is 10.9 Å². The molecule has 0 saturated heterocycles. The van der Waals surface area contributed by atoms with Gasteiger partial charge in [0, 0.05) is 29.2 Å². The summed E-state index contributed by atoms with van der Waals surface area (Å²) in [4.78, 5) is 12.3. The number of carbonyl (C=O) groups is 1. The first-order chi connectivity index (χ1) is 13.1. The topological polar surface area (TPSA) is 70.2 Å². The molecule has 0 unspecified atom stereocenters. The number of carbonyl (C=O) groups excluding carboxylic acids is 1. The van der Waals surface area contributed by atoms with Crippen molar-refractivity contribution < 1.29 is 4.79 Å². The average molecular weight is 358 g/mol. The number of hydrazone groups is 1. The van der Waals surface area contributed by atoms with Crippen LogP contribution in [-0.2, 0) is 11.3 Å². The molecule has 1 amide bonds. The third kappa shape index (κ3) is 4.24. The Morgan fingerprint density at radius 3 is 2.59 bits per heavy atom. The largest absolute Gasteiger partial charge is 0.347 e. The number of rotatable bonds is 6. The summed E-state index contributed by atoms with van der Waals surface area (Å²) in [6, 6.07) is 19.1.